The highest BCUT2D eigenvalue weighted by atomic mass is 35.5. The number of nitrogens with one attached hydrogen (secondary N) is 1. The third-order valence-electron chi connectivity index (χ3n) is 12.2. The quantitative estimate of drug-likeness (QED) is 0.0594. The predicted molar refractivity (Wildman–Crippen MR) is 238 cm³/mol. The lowest BCUT2D eigenvalue weighted by Gasteiger charge is -2.41. The Labute approximate surface area is 374 Å². The van der Waals surface area contributed by atoms with Crippen molar-refractivity contribution in [2.45, 2.75) is 95.5 Å². The Hall–Kier alpha value is -5.41. The van der Waals surface area contributed by atoms with Gasteiger partial charge in [-0.3, -0.25) is 15.0 Å². The zero-order valence-corrected chi connectivity index (χ0v) is 38.1. The lowest BCUT2D eigenvalue weighted by Crippen LogP contribution is -2.63. The van der Waals surface area contributed by atoms with Crippen molar-refractivity contribution in [3.05, 3.63) is 106 Å². The normalized spacial score (nSPS) is 22.0. The number of ether oxygens (including phenoxy) is 6. The van der Waals surface area contributed by atoms with Crippen LogP contribution in [0.4, 0.5) is 15.3 Å². The van der Waals surface area contributed by atoms with E-state index in [4.69, 9.17) is 40.0 Å². The fraction of sp³-hybridized carbons (Fsp3) is 0.458. The minimum absolute atomic E-state index is 0.00295. The molecule has 14 nitrogen and oxygen atoms in total. The Balaban J connectivity index is 1.08. The number of fused-ring (bicyclic) bond motifs is 3. The van der Waals surface area contributed by atoms with Crippen molar-refractivity contribution in [1.29, 1.82) is 0 Å². The second-order valence-electron chi connectivity index (χ2n) is 17.1. The second-order valence-corrected chi connectivity index (χ2v) is 17.5. The largest absolute Gasteiger partial charge is 0.495 e. The van der Waals surface area contributed by atoms with Gasteiger partial charge in [-0.15, -0.1) is 0 Å². The number of anilines is 1. The molecule has 338 valence electrons. The zero-order chi connectivity index (χ0) is 45.8. The number of amides is 3. The van der Waals surface area contributed by atoms with Crippen LogP contribution in [0.1, 0.15) is 70.1 Å². The Morgan fingerprint density at radius 1 is 1.03 bits per heavy atom. The number of halogens is 1. The molecule has 0 aromatic heterocycles. The molecule has 2 saturated heterocycles. The van der Waals surface area contributed by atoms with Crippen molar-refractivity contribution in [3.63, 3.8) is 0 Å². The molecule has 6 rings (SSSR count). The van der Waals surface area contributed by atoms with Gasteiger partial charge in [0.15, 0.2) is 5.72 Å². The molecule has 1 aliphatic carbocycles. The molecule has 63 heavy (non-hydrogen) atoms. The monoisotopic (exact) mass is 887 g/mol. The maximum atomic E-state index is 14.0. The number of epoxide rings is 1. The van der Waals surface area contributed by atoms with Gasteiger partial charge in [0.2, 0.25) is 5.91 Å². The van der Waals surface area contributed by atoms with Crippen LogP contribution in [-0.4, -0.2) is 111 Å². The van der Waals surface area contributed by atoms with Gasteiger partial charge in [0, 0.05) is 33.5 Å². The predicted octanol–water partition coefficient (Wildman–Crippen LogP) is 7.57. The molecule has 2 fully saturated rings. The molecule has 2 N–H and O–H groups in total. The SMILES string of the molecule is COc1cc(C/C(C)=C/C=C/[C@@H](OC)[C@@]2(O)C[C@@H](C(C)C)OC(=O)N2)cc(N(C)C(=O)C[C@H](OC(=O)[C@H](C)N(C)C(=O)OCC2c3ccccc3-c3ccccc32)[C@@]2(C)CO2)c1Cl. The summed E-state index contributed by atoms with van der Waals surface area (Å²) in [7, 11) is 5.99. The topological polar surface area (TPSA) is 166 Å². The highest BCUT2D eigenvalue weighted by molar-refractivity contribution is 6.35. The summed E-state index contributed by atoms with van der Waals surface area (Å²) in [6, 6.07) is 18.6. The standard InChI is InChI=1S/C48H58ClN3O11/c1-28(2)39-25-48(57,50-45(55)62-39)40(59-9)20-14-15-29(3)21-31-22-37(43(49)38(23-31)58-8)52(7)42(53)24-41(47(5)27-61-47)63-44(54)30(4)51(6)46(56)60-26-36-34-18-12-10-16-32(34)33-17-11-13-19-35(33)36/h10-20,22-23,28,30,36,39-41,57H,21,24-27H2,1-9H3,(H,50,55)/b20-14+,29-15+/t30-,39-,40+,41-,47+,48-/m0/s1. The molecule has 6 atom stereocenters. The van der Waals surface area contributed by atoms with Crippen LogP contribution in [0.5, 0.6) is 5.75 Å². The van der Waals surface area contributed by atoms with E-state index in [1.165, 1.54) is 31.1 Å². The highest BCUT2D eigenvalue weighted by Gasteiger charge is 2.51. The van der Waals surface area contributed by atoms with E-state index in [-0.39, 0.29) is 42.9 Å². The van der Waals surface area contributed by atoms with Gasteiger partial charge < -0.3 is 38.4 Å². The third kappa shape index (κ3) is 10.5. The summed E-state index contributed by atoms with van der Waals surface area (Å²) in [4.78, 5) is 55.7. The van der Waals surface area contributed by atoms with Crippen LogP contribution < -0.4 is 15.0 Å². The van der Waals surface area contributed by atoms with Crippen LogP contribution in [0.25, 0.3) is 11.1 Å². The van der Waals surface area contributed by atoms with Crippen LogP contribution in [0.15, 0.2) is 84.5 Å². The Morgan fingerprint density at radius 2 is 1.67 bits per heavy atom. The summed E-state index contributed by atoms with van der Waals surface area (Å²) in [6.07, 6.45) is 1.93. The maximum absolute atomic E-state index is 14.0. The van der Waals surface area contributed by atoms with Crippen LogP contribution in [-0.2, 0) is 39.7 Å². The van der Waals surface area contributed by atoms with Gasteiger partial charge >= 0.3 is 18.2 Å². The molecule has 3 aliphatic rings. The van der Waals surface area contributed by atoms with Gasteiger partial charge in [-0.25, -0.2) is 14.4 Å². The molecular weight excluding hydrogens is 830 g/mol. The lowest BCUT2D eigenvalue weighted by atomic mass is 9.91. The molecule has 0 unspecified atom stereocenters. The fourth-order valence-corrected chi connectivity index (χ4v) is 8.25. The van der Waals surface area contributed by atoms with E-state index >= 15 is 0 Å². The van der Waals surface area contributed by atoms with Crippen molar-refractivity contribution in [2.24, 2.45) is 5.92 Å². The molecule has 3 aromatic rings. The van der Waals surface area contributed by atoms with Crippen molar-refractivity contribution < 1.29 is 52.7 Å². The number of allylic oxidation sites excluding steroid dienone is 3. The van der Waals surface area contributed by atoms with Gasteiger partial charge in [0.25, 0.3) is 0 Å². The number of benzene rings is 3. The summed E-state index contributed by atoms with van der Waals surface area (Å²) in [5.41, 5.74) is 3.87. The molecule has 2 aliphatic heterocycles. The number of cyclic esters (lactones) is 1. The maximum Gasteiger partial charge on any atom is 0.410 e. The summed E-state index contributed by atoms with van der Waals surface area (Å²) in [6.45, 7) is 9.41. The average Bonchev–Trinajstić information content (AvgIpc) is 3.93. The average molecular weight is 888 g/mol. The van der Waals surface area contributed by atoms with Gasteiger partial charge in [-0.2, -0.15) is 0 Å². The number of aliphatic hydroxyl groups is 1. The molecule has 3 aromatic carbocycles. The van der Waals surface area contributed by atoms with Crippen LogP contribution in [0, 0.1) is 5.92 Å². The number of methoxy groups -OCH3 is 2. The van der Waals surface area contributed by atoms with Gasteiger partial charge in [-0.1, -0.05) is 97.8 Å². The first-order chi connectivity index (χ1) is 29.9. The van der Waals surface area contributed by atoms with Gasteiger partial charge in [-0.05, 0) is 73.1 Å². The number of esters is 1. The van der Waals surface area contributed by atoms with Crippen molar-refractivity contribution in [1.82, 2.24) is 10.2 Å². The van der Waals surface area contributed by atoms with Crippen molar-refractivity contribution in [3.8, 4) is 16.9 Å². The Morgan fingerprint density at radius 3 is 2.25 bits per heavy atom. The molecule has 0 saturated carbocycles. The number of alkyl carbamates (subject to hydrolysis) is 1. The van der Waals surface area contributed by atoms with E-state index in [0.717, 1.165) is 33.4 Å². The van der Waals surface area contributed by atoms with E-state index in [1.54, 1.807) is 45.2 Å². The number of nitrogens with zero attached hydrogens (tertiary/aromatic N) is 2. The summed E-state index contributed by atoms with van der Waals surface area (Å²) in [5.74, 6) is -0.907. The van der Waals surface area contributed by atoms with E-state index in [9.17, 15) is 24.3 Å². The first kappa shape index (κ1) is 47.1. The van der Waals surface area contributed by atoms with E-state index < -0.39 is 59.7 Å². The van der Waals surface area contributed by atoms with Crippen molar-refractivity contribution >= 4 is 41.4 Å². The van der Waals surface area contributed by atoms with E-state index in [1.807, 2.05) is 63.2 Å². The number of rotatable bonds is 17. The van der Waals surface area contributed by atoms with Crippen LogP contribution in [0.3, 0.4) is 0 Å². The molecular formula is C48H58ClN3O11. The fourth-order valence-electron chi connectivity index (χ4n) is 7.93. The van der Waals surface area contributed by atoms with E-state index in [2.05, 4.69) is 17.4 Å². The first-order valence-corrected chi connectivity index (χ1v) is 21.4. The minimum Gasteiger partial charge on any atom is -0.495 e. The second kappa shape index (κ2) is 19.5. The Kier molecular flexibility index (Phi) is 14.6. The molecule has 0 bridgehead atoms. The Bertz CT molecular complexity index is 2210. The number of carbonyl (C=O) groups excluding carboxylic acids is 4. The van der Waals surface area contributed by atoms with Gasteiger partial charge in [0.05, 0.1) is 25.8 Å². The summed E-state index contributed by atoms with van der Waals surface area (Å²) in [5, 5.41) is 14.0. The third-order valence-corrected chi connectivity index (χ3v) is 12.6. The lowest BCUT2D eigenvalue weighted by molar-refractivity contribution is -0.158. The molecule has 2 heterocycles. The van der Waals surface area contributed by atoms with Crippen molar-refractivity contribution in [2.75, 3.05) is 46.4 Å². The van der Waals surface area contributed by atoms with E-state index in [0.29, 0.717) is 17.9 Å². The number of hydrogen-bond donors (Lipinski definition) is 2. The smallest absolute Gasteiger partial charge is 0.410 e. The highest BCUT2D eigenvalue weighted by Crippen LogP contribution is 2.45. The molecule has 3 amide bonds. The summed E-state index contributed by atoms with van der Waals surface area (Å²) >= 11 is 6.78. The molecule has 15 heteroatoms. The molecule has 0 radical (unpaired) electrons. The number of hydrogen-bond acceptors (Lipinski definition) is 11. The van der Waals surface area contributed by atoms with Crippen LogP contribution >= 0.6 is 11.6 Å². The zero-order valence-electron chi connectivity index (χ0n) is 37.3. The number of carbonyl (C=O) groups is 4. The first-order valence-electron chi connectivity index (χ1n) is 21.0. The van der Waals surface area contributed by atoms with Crippen LogP contribution in [0.2, 0.25) is 5.02 Å². The number of likely N-dealkylation sites (N-methyl/N-ethyl adjacent to an activating group) is 1. The summed E-state index contributed by atoms with van der Waals surface area (Å²) < 4.78 is 33.9. The minimum atomic E-state index is -1.66. The molecule has 0 spiro atoms. The van der Waals surface area contributed by atoms with Gasteiger partial charge in [0.1, 0.15) is 47.3 Å².